The van der Waals surface area contributed by atoms with E-state index >= 15 is 0 Å². The van der Waals surface area contributed by atoms with Crippen molar-refractivity contribution in [2.75, 3.05) is 7.05 Å². The van der Waals surface area contributed by atoms with E-state index in [0.29, 0.717) is 23.1 Å². The average molecular weight is 324 g/mol. The zero-order valence-electron chi connectivity index (χ0n) is 11.5. The van der Waals surface area contributed by atoms with E-state index in [2.05, 4.69) is 4.90 Å². The van der Waals surface area contributed by atoms with Crippen molar-refractivity contribution in [3.63, 3.8) is 0 Å². The van der Waals surface area contributed by atoms with Crippen LogP contribution in [0.25, 0.3) is 0 Å². The molecule has 0 atom stereocenters. The molecule has 0 aliphatic heterocycles. The van der Waals surface area contributed by atoms with Gasteiger partial charge < -0.3 is 5.11 Å². The van der Waals surface area contributed by atoms with Gasteiger partial charge in [-0.1, -0.05) is 41.4 Å². The highest BCUT2D eigenvalue weighted by molar-refractivity contribution is 6.35. The topological polar surface area (TPSA) is 40.5 Å². The molecule has 1 N–H and O–H groups in total. The van der Waals surface area contributed by atoms with Crippen LogP contribution in [0.2, 0.25) is 10.0 Å². The summed E-state index contributed by atoms with van der Waals surface area (Å²) < 4.78 is 0. The Bertz CT molecular complexity index is 621. The van der Waals surface area contributed by atoms with Gasteiger partial charge in [-0.05, 0) is 36.9 Å². The van der Waals surface area contributed by atoms with Crippen LogP contribution in [0.5, 0.6) is 0 Å². The van der Waals surface area contributed by atoms with Gasteiger partial charge in [0, 0.05) is 28.7 Å². The molecule has 5 heteroatoms. The minimum absolute atomic E-state index is 0.288. The molecule has 21 heavy (non-hydrogen) atoms. The number of hydrogen-bond acceptors (Lipinski definition) is 2. The summed E-state index contributed by atoms with van der Waals surface area (Å²) in [5, 5.41) is 10.2. The number of aromatic carboxylic acids is 1. The maximum atomic E-state index is 10.8. The number of rotatable bonds is 5. The Morgan fingerprint density at radius 2 is 1.62 bits per heavy atom. The van der Waals surface area contributed by atoms with Crippen molar-refractivity contribution in [2.45, 2.75) is 13.1 Å². The molecule has 0 radical (unpaired) electrons. The first kappa shape index (κ1) is 15.8. The first-order chi connectivity index (χ1) is 9.97. The number of carboxylic acids is 1. The molecule has 0 aliphatic rings. The highest BCUT2D eigenvalue weighted by Gasteiger charge is 2.09. The number of benzene rings is 2. The number of carboxylic acid groups (broad SMARTS) is 1. The van der Waals surface area contributed by atoms with Gasteiger partial charge in [0.25, 0.3) is 0 Å². The SMILES string of the molecule is CN(Cc1ccc(C(=O)O)cc1)Cc1c(Cl)cccc1Cl. The van der Waals surface area contributed by atoms with Gasteiger partial charge in [0.1, 0.15) is 0 Å². The minimum atomic E-state index is -0.919. The molecule has 0 amide bonds. The van der Waals surface area contributed by atoms with E-state index in [1.807, 2.05) is 37.4 Å². The van der Waals surface area contributed by atoms with Crippen LogP contribution in [0.3, 0.4) is 0 Å². The van der Waals surface area contributed by atoms with Crippen molar-refractivity contribution in [1.82, 2.24) is 4.90 Å². The molecule has 0 saturated carbocycles. The van der Waals surface area contributed by atoms with E-state index in [0.717, 1.165) is 11.1 Å². The van der Waals surface area contributed by atoms with E-state index < -0.39 is 5.97 Å². The Morgan fingerprint density at radius 1 is 1.05 bits per heavy atom. The largest absolute Gasteiger partial charge is 0.478 e. The van der Waals surface area contributed by atoms with E-state index in [1.165, 1.54) is 0 Å². The van der Waals surface area contributed by atoms with Crippen LogP contribution in [-0.4, -0.2) is 23.0 Å². The quantitative estimate of drug-likeness (QED) is 0.890. The monoisotopic (exact) mass is 323 g/mol. The maximum absolute atomic E-state index is 10.8. The number of halogens is 2. The van der Waals surface area contributed by atoms with Gasteiger partial charge >= 0.3 is 5.97 Å². The second-order valence-electron chi connectivity index (χ2n) is 4.87. The van der Waals surface area contributed by atoms with E-state index in [-0.39, 0.29) is 5.56 Å². The van der Waals surface area contributed by atoms with Crippen LogP contribution >= 0.6 is 23.2 Å². The second-order valence-corrected chi connectivity index (χ2v) is 5.69. The van der Waals surface area contributed by atoms with Crippen LogP contribution in [0.4, 0.5) is 0 Å². The van der Waals surface area contributed by atoms with Crippen LogP contribution in [0, 0.1) is 0 Å². The van der Waals surface area contributed by atoms with E-state index in [4.69, 9.17) is 28.3 Å². The van der Waals surface area contributed by atoms with Crippen molar-refractivity contribution in [1.29, 1.82) is 0 Å². The summed E-state index contributed by atoms with van der Waals surface area (Å²) in [5.41, 5.74) is 2.21. The van der Waals surface area contributed by atoms with Gasteiger partial charge in [-0.2, -0.15) is 0 Å². The van der Waals surface area contributed by atoms with E-state index in [9.17, 15) is 4.79 Å². The highest BCUT2D eigenvalue weighted by atomic mass is 35.5. The Kier molecular flexibility index (Phi) is 5.23. The molecular formula is C16H15Cl2NO2. The lowest BCUT2D eigenvalue weighted by atomic mass is 10.1. The lowest BCUT2D eigenvalue weighted by molar-refractivity contribution is 0.0697. The standard InChI is InChI=1S/C16H15Cl2NO2/c1-19(10-13-14(17)3-2-4-15(13)18)9-11-5-7-12(8-6-11)16(20)21/h2-8H,9-10H2,1H3,(H,20,21). The second kappa shape index (κ2) is 6.94. The average Bonchev–Trinajstić information content (AvgIpc) is 2.43. The number of nitrogens with zero attached hydrogens (tertiary/aromatic N) is 1. The first-order valence-corrected chi connectivity index (χ1v) is 7.16. The fourth-order valence-electron chi connectivity index (χ4n) is 2.07. The molecule has 0 spiro atoms. The van der Waals surface area contributed by atoms with Crippen LogP contribution in [-0.2, 0) is 13.1 Å². The summed E-state index contributed by atoms with van der Waals surface area (Å²) in [4.78, 5) is 12.9. The predicted molar refractivity (Wildman–Crippen MR) is 85.0 cm³/mol. The third-order valence-electron chi connectivity index (χ3n) is 3.14. The minimum Gasteiger partial charge on any atom is -0.478 e. The van der Waals surface area contributed by atoms with Crippen LogP contribution in [0.1, 0.15) is 21.5 Å². The third-order valence-corrected chi connectivity index (χ3v) is 3.85. The molecule has 110 valence electrons. The molecule has 2 aromatic carbocycles. The lowest BCUT2D eigenvalue weighted by Gasteiger charge is -2.18. The normalized spacial score (nSPS) is 10.9. The summed E-state index contributed by atoms with van der Waals surface area (Å²) in [6, 6.07) is 12.3. The van der Waals surface area contributed by atoms with Crippen molar-refractivity contribution >= 4 is 29.2 Å². The van der Waals surface area contributed by atoms with Crippen LogP contribution < -0.4 is 0 Å². The zero-order valence-corrected chi connectivity index (χ0v) is 13.0. The summed E-state index contributed by atoms with van der Waals surface area (Å²) >= 11 is 12.3. The molecule has 0 aliphatic carbocycles. The highest BCUT2D eigenvalue weighted by Crippen LogP contribution is 2.25. The van der Waals surface area contributed by atoms with Gasteiger partial charge in [0.2, 0.25) is 0 Å². The molecule has 0 aromatic heterocycles. The third kappa shape index (κ3) is 4.21. The molecule has 0 bridgehead atoms. The smallest absolute Gasteiger partial charge is 0.335 e. The summed E-state index contributed by atoms with van der Waals surface area (Å²) in [5.74, 6) is -0.919. The number of hydrogen-bond donors (Lipinski definition) is 1. The molecule has 2 rings (SSSR count). The van der Waals surface area contributed by atoms with Gasteiger partial charge in [0.05, 0.1) is 5.56 Å². The van der Waals surface area contributed by atoms with Gasteiger partial charge in [-0.25, -0.2) is 4.79 Å². The van der Waals surface area contributed by atoms with Crippen molar-refractivity contribution in [3.05, 3.63) is 69.2 Å². The van der Waals surface area contributed by atoms with E-state index in [1.54, 1.807) is 12.1 Å². The van der Waals surface area contributed by atoms with Crippen molar-refractivity contribution < 1.29 is 9.90 Å². The molecule has 0 heterocycles. The Hall–Kier alpha value is -1.55. The molecule has 0 fully saturated rings. The Morgan fingerprint density at radius 3 is 2.14 bits per heavy atom. The summed E-state index contributed by atoms with van der Waals surface area (Å²) in [7, 11) is 1.96. The fourth-order valence-corrected chi connectivity index (χ4v) is 2.59. The molecule has 2 aromatic rings. The molecule has 0 saturated heterocycles. The van der Waals surface area contributed by atoms with Crippen molar-refractivity contribution in [3.8, 4) is 0 Å². The predicted octanol–water partition coefficient (Wildman–Crippen LogP) is 4.32. The van der Waals surface area contributed by atoms with Crippen LogP contribution in [0.15, 0.2) is 42.5 Å². The fraction of sp³-hybridized carbons (Fsp3) is 0.188. The van der Waals surface area contributed by atoms with Crippen molar-refractivity contribution in [2.24, 2.45) is 0 Å². The summed E-state index contributed by atoms with van der Waals surface area (Å²) in [6.45, 7) is 1.31. The summed E-state index contributed by atoms with van der Waals surface area (Å²) in [6.07, 6.45) is 0. The Balaban J connectivity index is 2.04. The van der Waals surface area contributed by atoms with Gasteiger partial charge in [0.15, 0.2) is 0 Å². The van der Waals surface area contributed by atoms with Gasteiger partial charge in [-0.15, -0.1) is 0 Å². The first-order valence-electron chi connectivity index (χ1n) is 6.41. The molecule has 0 unspecified atom stereocenters. The molecule has 3 nitrogen and oxygen atoms in total. The number of carbonyl (C=O) groups is 1. The Labute approximate surface area is 133 Å². The zero-order chi connectivity index (χ0) is 15.4. The maximum Gasteiger partial charge on any atom is 0.335 e. The molecular weight excluding hydrogens is 309 g/mol. The van der Waals surface area contributed by atoms with Gasteiger partial charge in [-0.3, -0.25) is 4.90 Å². The lowest BCUT2D eigenvalue weighted by Crippen LogP contribution is -2.17.